The molecule has 0 saturated heterocycles. The third-order valence-electron chi connectivity index (χ3n) is 3.13. The van der Waals surface area contributed by atoms with Gasteiger partial charge in [0.1, 0.15) is 5.78 Å². The van der Waals surface area contributed by atoms with Gasteiger partial charge >= 0.3 is 0 Å². The van der Waals surface area contributed by atoms with Crippen molar-refractivity contribution in [2.24, 2.45) is 11.8 Å². The molecule has 15 heavy (non-hydrogen) atoms. The van der Waals surface area contributed by atoms with Crippen LogP contribution in [-0.2, 0) is 11.2 Å². The van der Waals surface area contributed by atoms with Crippen molar-refractivity contribution in [3.8, 4) is 0 Å². The number of benzene rings is 1. The highest BCUT2D eigenvalue weighted by atomic mass is 127. The molecule has 0 bridgehead atoms. The monoisotopic (exact) mass is 314 g/mol. The zero-order valence-corrected chi connectivity index (χ0v) is 11.0. The van der Waals surface area contributed by atoms with Crippen LogP contribution < -0.4 is 0 Å². The van der Waals surface area contributed by atoms with E-state index in [1.54, 1.807) is 0 Å². The maximum absolute atomic E-state index is 11.9. The minimum atomic E-state index is 0.268. The molecule has 0 heterocycles. The summed E-state index contributed by atoms with van der Waals surface area (Å²) in [5, 5.41) is 0. The summed E-state index contributed by atoms with van der Waals surface area (Å²) in [5.41, 5.74) is 1.15. The smallest absolute Gasteiger partial charge is 0.140 e. The van der Waals surface area contributed by atoms with Crippen LogP contribution in [0.1, 0.15) is 25.3 Å². The number of carbonyl (C=O) groups excluding carboxylic acids is 1. The van der Waals surface area contributed by atoms with E-state index in [2.05, 4.69) is 53.8 Å². The standard InChI is InChI=1S/C13H15IO/c1-9(11-4-5-11)13(15)8-10-2-6-12(14)7-3-10/h2-3,6-7,9,11H,4-5,8H2,1H3. The van der Waals surface area contributed by atoms with Gasteiger partial charge in [-0.3, -0.25) is 4.79 Å². The van der Waals surface area contributed by atoms with Gasteiger partial charge in [0.25, 0.3) is 0 Å². The summed E-state index contributed by atoms with van der Waals surface area (Å²) < 4.78 is 1.22. The van der Waals surface area contributed by atoms with Crippen molar-refractivity contribution in [2.45, 2.75) is 26.2 Å². The van der Waals surface area contributed by atoms with Gasteiger partial charge in [-0.15, -0.1) is 0 Å². The molecule has 1 nitrogen and oxygen atoms in total. The third kappa shape index (κ3) is 3.03. The molecule has 0 spiro atoms. The molecule has 1 aromatic rings. The van der Waals surface area contributed by atoms with Gasteiger partial charge in [-0.05, 0) is 59.0 Å². The topological polar surface area (TPSA) is 17.1 Å². The number of ketones is 1. The van der Waals surface area contributed by atoms with Crippen LogP contribution in [0.15, 0.2) is 24.3 Å². The summed E-state index contributed by atoms with van der Waals surface area (Å²) in [5.74, 6) is 1.35. The van der Waals surface area contributed by atoms with Gasteiger partial charge in [-0.25, -0.2) is 0 Å². The minimum absolute atomic E-state index is 0.268. The second-order valence-electron chi connectivity index (χ2n) is 4.40. The average Bonchev–Trinajstić information content (AvgIpc) is 3.04. The number of Topliss-reactive ketones (excluding diaryl/α,β-unsaturated/α-hetero) is 1. The third-order valence-corrected chi connectivity index (χ3v) is 3.85. The van der Waals surface area contributed by atoms with E-state index in [9.17, 15) is 4.79 Å². The second-order valence-corrected chi connectivity index (χ2v) is 5.64. The van der Waals surface area contributed by atoms with Crippen LogP contribution in [-0.4, -0.2) is 5.78 Å². The summed E-state index contributed by atoms with van der Waals surface area (Å²) in [4.78, 5) is 11.9. The molecule has 0 aromatic heterocycles. The number of rotatable bonds is 4. The van der Waals surface area contributed by atoms with Crippen LogP contribution in [0, 0.1) is 15.4 Å². The first-order valence-electron chi connectivity index (χ1n) is 5.44. The van der Waals surface area contributed by atoms with E-state index < -0.39 is 0 Å². The molecule has 0 radical (unpaired) electrons. The maximum atomic E-state index is 11.9. The quantitative estimate of drug-likeness (QED) is 0.778. The van der Waals surface area contributed by atoms with Crippen LogP contribution >= 0.6 is 22.6 Å². The van der Waals surface area contributed by atoms with Crippen LogP contribution in [0.25, 0.3) is 0 Å². The Morgan fingerprint density at radius 3 is 2.53 bits per heavy atom. The Morgan fingerprint density at radius 1 is 1.40 bits per heavy atom. The molecule has 1 saturated carbocycles. The van der Waals surface area contributed by atoms with E-state index >= 15 is 0 Å². The Hall–Kier alpha value is -0.380. The highest BCUT2D eigenvalue weighted by molar-refractivity contribution is 14.1. The average molecular weight is 314 g/mol. The molecule has 0 amide bonds. The molecule has 1 fully saturated rings. The molecule has 1 aliphatic carbocycles. The van der Waals surface area contributed by atoms with Gasteiger partial charge in [0.15, 0.2) is 0 Å². The Morgan fingerprint density at radius 2 is 2.00 bits per heavy atom. The van der Waals surface area contributed by atoms with Gasteiger partial charge in [-0.1, -0.05) is 19.1 Å². The molecule has 1 unspecified atom stereocenters. The van der Waals surface area contributed by atoms with E-state index in [4.69, 9.17) is 0 Å². The van der Waals surface area contributed by atoms with Gasteiger partial charge in [0, 0.05) is 15.9 Å². The summed E-state index contributed by atoms with van der Waals surface area (Å²) in [7, 11) is 0. The second kappa shape index (κ2) is 4.64. The minimum Gasteiger partial charge on any atom is -0.299 e. The number of carbonyl (C=O) groups is 1. The van der Waals surface area contributed by atoms with Crippen molar-refractivity contribution in [1.29, 1.82) is 0 Å². The summed E-state index contributed by atoms with van der Waals surface area (Å²) in [6.45, 7) is 2.08. The van der Waals surface area contributed by atoms with Crippen LogP contribution in [0.4, 0.5) is 0 Å². The van der Waals surface area contributed by atoms with Crippen LogP contribution in [0.2, 0.25) is 0 Å². The molecule has 1 atom stereocenters. The van der Waals surface area contributed by atoms with Crippen molar-refractivity contribution < 1.29 is 4.79 Å². The Kier molecular flexibility index (Phi) is 3.44. The lowest BCUT2D eigenvalue weighted by atomic mass is 9.95. The molecule has 1 aromatic carbocycles. The highest BCUT2D eigenvalue weighted by Crippen LogP contribution is 2.37. The largest absolute Gasteiger partial charge is 0.299 e. The molecule has 2 heteroatoms. The zero-order valence-electron chi connectivity index (χ0n) is 8.87. The SMILES string of the molecule is CC(C(=O)Cc1ccc(I)cc1)C1CC1. The molecule has 2 rings (SSSR count). The van der Waals surface area contributed by atoms with Gasteiger partial charge in [0.2, 0.25) is 0 Å². The molecular formula is C13H15IO. The van der Waals surface area contributed by atoms with Crippen molar-refractivity contribution in [3.63, 3.8) is 0 Å². The Balaban J connectivity index is 1.95. The van der Waals surface area contributed by atoms with E-state index in [0.29, 0.717) is 18.1 Å². The highest BCUT2D eigenvalue weighted by Gasteiger charge is 2.32. The molecule has 1 aliphatic rings. The first-order valence-corrected chi connectivity index (χ1v) is 6.52. The van der Waals surface area contributed by atoms with Crippen LogP contribution in [0.3, 0.4) is 0 Å². The normalized spacial score (nSPS) is 17.5. The van der Waals surface area contributed by atoms with Crippen molar-refractivity contribution in [3.05, 3.63) is 33.4 Å². The fourth-order valence-electron chi connectivity index (χ4n) is 1.82. The number of halogens is 1. The summed E-state index contributed by atoms with van der Waals surface area (Å²) in [6, 6.07) is 8.23. The molecule has 0 N–H and O–H groups in total. The fourth-order valence-corrected chi connectivity index (χ4v) is 2.18. The lowest BCUT2D eigenvalue weighted by molar-refractivity contribution is -0.122. The van der Waals surface area contributed by atoms with Crippen molar-refractivity contribution >= 4 is 28.4 Å². The van der Waals surface area contributed by atoms with E-state index in [0.717, 1.165) is 5.56 Å². The first kappa shape index (κ1) is 11.1. The summed E-state index contributed by atoms with van der Waals surface area (Å²) in [6.07, 6.45) is 3.10. The van der Waals surface area contributed by atoms with E-state index in [1.165, 1.54) is 16.4 Å². The predicted octanol–water partition coefficient (Wildman–Crippen LogP) is 3.45. The molecule has 0 aliphatic heterocycles. The number of hydrogen-bond acceptors (Lipinski definition) is 1. The van der Waals surface area contributed by atoms with Gasteiger partial charge in [0.05, 0.1) is 0 Å². The lowest BCUT2D eigenvalue weighted by Gasteiger charge is -2.08. The lowest BCUT2D eigenvalue weighted by Crippen LogP contribution is -2.15. The van der Waals surface area contributed by atoms with Gasteiger partial charge < -0.3 is 0 Å². The zero-order chi connectivity index (χ0) is 10.8. The van der Waals surface area contributed by atoms with E-state index in [1.807, 2.05) is 0 Å². The van der Waals surface area contributed by atoms with Gasteiger partial charge in [-0.2, -0.15) is 0 Å². The van der Waals surface area contributed by atoms with Crippen molar-refractivity contribution in [2.75, 3.05) is 0 Å². The maximum Gasteiger partial charge on any atom is 0.140 e. The summed E-state index contributed by atoms with van der Waals surface area (Å²) >= 11 is 2.28. The Bertz CT molecular complexity index is 351. The van der Waals surface area contributed by atoms with Crippen molar-refractivity contribution in [1.82, 2.24) is 0 Å². The Labute approximate surface area is 104 Å². The molecular weight excluding hydrogens is 299 g/mol. The first-order chi connectivity index (χ1) is 7.16. The van der Waals surface area contributed by atoms with Crippen LogP contribution in [0.5, 0.6) is 0 Å². The predicted molar refractivity (Wildman–Crippen MR) is 69.8 cm³/mol. The number of hydrogen-bond donors (Lipinski definition) is 0. The fraction of sp³-hybridized carbons (Fsp3) is 0.462. The molecule has 80 valence electrons. The van der Waals surface area contributed by atoms with E-state index in [-0.39, 0.29) is 5.92 Å².